The average Bonchev–Trinajstić information content (AvgIpc) is 2.19. The number of nitrogens with zero attached hydrogens (tertiary/aromatic N) is 1. The molecule has 0 spiro atoms. The highest BCUT2D eigenvalue weighted by atomic mass is 35.5. The number of carbonyl (C=O) groups excluding carboxylic acids is 1. The molecule has 0 aromatic rings. The lowest BCUT2D eigenvalue weighted by atomic mass is 9.82. The summed E-state index contributed by atoms with van der Waals surface area (Å²) in [5.74, 6) is -0.0115. The third-order valence-corrected chi connectivity index (χ3v) is 3.89. The van der Waals surface area contributed by atoms with Gasteiger partial charge in [-0.2, -0.15) is 0 Å². The van der Waals surface area contributed by atoms with Crippen LogP contribution < -0.4 is 11.1 Å². The Hall–Kier alpha value is -0.0300. The molecule has 2 rings (SSSR count). The quantitative estimate of drug-likeness (QED) is 0.793. The molecule has 102 valence electrons. The Balaban J connectivity index is 0.00000128. The molecule has 0 aliphatic carbocycles. The maximum Gasteiger partial charge on any atom is 0.233 e. The summed E-state index contributed by atoms with van der Waals surface area (Å²) in [7, 11) is 2.22. The smallest absolute Gasteiger partial charge is 0.233 e. The van der Waals surface area contributed by atoms with E-state index in [4.69, 9.17) is 5.73 Å². The summed E-state index contributed by atoms with van der Waals surface area (Å²) in [5.41, 5.74) is 5.31. The fourth-order valence-corrected chi connectivity index (χ4v) is 3.02. The number of amides is 1. The zero-order chi connectivity index (χ0) is 10.8. The molecule has 0 aromatic carbocycles. The highest BCUT2D eigenvalue weighted by molar-refractivity contribution is 5.85. The number of hydrogen-bond acceptors (Lipinski definition) is 3. The summed E-state index contributed by atoms with van der Waals surface area (Å²) in [6.45, 7) is 0.113. The van der Waals surface area contributed by atoms with E-state index in [1.807, 2.05) is 0 Å². The van der Waals surface area contributed by atoms with Crippen LogP contribution in [0.3, 0.4) is 0 Å². The van der Waals surface area contributed by atoms with Crippen LogP contribution in [0.15, 0.2) is 0 Å². The van der Waals surface area contributed by atoms with Crippen molar-refractivity contribution in [3.8, 4) is 0 Å². The monoisotopic (exact) mass is 283 g/mol. The van der Waals surface area contributed by atoms with E-state index in [9.17, 15) is 4.79 Å². The number of rotatable bonds is 2. The second kappa shape index (κ2) is 7.41. The van der Waals surface area contributed by atoms with E-state index in [2.05, 4.69) is 17.3 Å². The normalized spacial score (nSPS) is 32.0. The van der Waals surface area contributed by atoms with E-state index in [-0.39, 0.29) is 37.3 Å². The maximum atomic E-state index is 11.2. The summed E-state index contributed by atoms with van der Waals surface area (Å²) in [6, 6.07) is 1.69. The van der Waals surface area contributed by atoms with Gasteiger partial charge in [0.25, 0.3) is 0 Å². The Kier molecular flexibility index (Phi) is 7.40. The fourth-order valence-electron chi connectivity index (χ4n) is 3.02. The van der Waals surface area contributed by atoms with Crippen LogP contribution in [0.5, 0.6) is 0 Å². The van der Waals surface area contributed by atoms with Gasteiger partial charge in [0, 0.05) is 18.1 Å². The van der Waals surface area contributed by atoms with Crippen molar-refractivity contribution in [1.29, 1.82) is 0 Å². The molecular formula is C11H23Cl2N3O. The SMILES string of the molecule is CN1C2CCCC1CC(NC(=O)CN)C2.Cl.Cl. The van der Waals surface area contributed by atoms with Crippen LogP contribution in [0.4, 0.5) is 0 Å². The van der Waals surface area contributed by atoms with Crippen LogP contribution >= 0.6 is 24.8 Å². The Morgan fingerprint density at radius 3 is 2.29 bits per heavy atom. The van der Waals surface area contributed by atoms with Crippen LogP contribution in [-0.4, -0.2) is 42.5 Å². The van der Waals surface area contributed by atoms with Crippen LogP contribution in [0.25, 0.3) is 0 Å². The summed E-state index contributed by atoms with van der Waals surface area (Å²) < 4.78 is 0. The van der Waals surface area contributed by atoms with Crippen molar-refractivity contribution in [3.05, 3.63) is 0 Å². The van der Waals surface area contributed by atoms with Crippen LogP contribution in [0.2, 0.25) is 0 Å². The zero-order valence-corrected chi connectivity index (χ0v) is 11.9. The predicted octanol–water partition coefficient (Wildman–Crippen LogP) is 0.920. The van der Waals surface area contributed by atoms with Gasteiger partial charge >= 0.3 is 0 Å². The molecule has 2 fully saturated rings. The topological polar surface area (TPSA) is 58.4 Å². The van der Waals surface area contributed by atoms with E-state index in [0.29, 0.717) is 18.1 Å². The molecule has 2 aliphatic rings. The average molecular weight is 284 g/mol. The molecule has 2 atom stereocenters. The Morgan fingerprint density at radius 1 is 1.29 bits per heavy atom. The first-order valence-electron chi connectivity index (χ1n) is 5.92. The molecular weight excluding hydrogens is 261 g/mol. The molecule has 3 N–H and O–H groups in total. The minimum atomic E-state index is -0.0115. The molecule has 2 saturated heterocycles. The van der Waals surface area contributed by atoms with Crippen molar-refractivity contribution >= 4 is 30.7 Å². The summed E-state index contributed by atoms with van der Waals surface area (Å²) in [4.78, 5) is 13.7. The number of carbonyl (C=O) groups is 1. The number of nitrogens with one attached hydrogen (secondary N) is 1. The summed E-state index contributed by atoms with van der Waals surface area (Å²) in [5, 5.41) is 3.03. The number of hydrogen-bond donors (Lipinski definition) is 2. The lowest BCUT2D eigenvalue weighted by Gasteiger charge is -2.47. The van der Waals surface area contributed by atoms with Crippen molar-refractivity contribution in [1.82, 2.24) is 10.2 Å². The van der Waals surface area contributed by atoms with Crippen molar-refractivity contribution < 1.29 is 4.79 Å². The summed E-state index contributed by atoms with van der Waals surface area (Å²) in [6.07, 6.45) is 6.10. The van der Waals surface area contributed by atoms with Gasteiger partial charge < -0.3 is 16.0 Å². The molecule has 1 amide bonds. The van der Waals surface area contributed by atoms with E-state index < -0.39 is 0 Å². The standard InChI is InChI=1S/C11H21N3O.2ClH/c1-14-9-3-2-4-10(14)6-8(5-9)13-11(15)7-12;;/h8-10H,2-7,12H2,1H3,(H,13,15);2*1H. The molecule has 0 aromatic heterocycles. The number of nitrogens with two attached hydrogens (primary N) is 1. The fraction of sp³-hybridized carbons (Fsp3) is 0.909. The Bertz CT molecular complexity index is 239. The maximum absolute atomic E-state index is 11.2. The van der Waals surface area contributed by atoms with Gasteiger partial charge in [-0.25, -0.2) is 0 Å². The third-order valence-electron chi connectivity index (χ3n) is 3.89. The van der Waals surface area contributed by atoms with Crippen LogP contribution in [0.1, 0.15) is 32.1 Å². The number of fused-ring (bicyclic) bond motifs is 2. The largest absolute Gasteiger partial charge is 0.352 e. The van der Waals surface area contributed by atoms with Gasteiger partial charge in [0.15, 0.2) is 0 Å². The molecule has 0 saturated carbocycles. The first-order valence-corrected chi connectivity index (χ1v) is 5.92. The molecule has 2 bridgehead atoms. The van der Waals surface area contributed by atoms with Gasteiger partial charge in [-0.3, -0.25) is 4.79 Å². The lowest BCUT2D eigenvalue weighted by molar-refractivity contribution is -0.121. The van der Waals surface area contributed by atoms with Gasteiger partial charge in [0.05, 0.1) is 6.54 Å². The first-order chi connectivity index (χ1) is 7.20. The lowest BCUT2D eigenvalue weighted by Crippen LogP contribution is -2.55. The van der Waals surface area contributed by atoms with Crippen molar-refractivity contribution in [3.63, 3.8) is 0 Å². The minimum absolute atomic E-state index is 0. The second-order valence-electron chi connectivity index (χ2n) is 4.84. The number of piperidine rings is 2. The number of halogens is 2. The van der Waals surface area contributed by atoms with Gasteiger partial charge in [0.1, 0.15) is 0 Å². The third kappa shape index (κ3) is 3.98. The minimum Gasteiger partial charge on any atom is -0.352 e. The van der Waals surface area contributed by atoms with Gasteiger partial charge in [-0.05, 0) is 32.7 Å². The van der Waals surface area contributed by atoms with E-state index in [1.165, 1.54) is 19.3 Å². The van der Waals surface area contributed by atoms with E-state index >= 15 is 0 Å². The molecule has 2 unspecified atom stereocenters. The van der Waals surface area contributed by atoms with E-state index in [1.54, 1.807) is 0 Å². The van der Waals surface area contributed by atoms with Crippen molar-refractivity contribution in [2.45, 2.75) is 50.2 Å². The van der Waals surface area contributed by atoms with Gasteiger partial charge in [-0.15, -0.1) is 24.8 Å². The molecule has 6 heteroatoms. The Morgan fingerprint density at radius 2 is 1.82 bits per heavy atom. The highest BCUT2D eigenvalue weighted by Gasteiger charge is 2.36. The van der Waals surface area contributed by atoms with Crippen molar-refractivity contribution in [2.75, 3.05) is 13.6 Å². The zero-order valence-electron chi connectivity index (χ0n) is 10.2. The molecule has 0 radical (unpaired) electrons. The van der Waals surface area contributed by atoms with E-state index in [0.717, 1.165) is 12.8 Å². The van der Waals surface area contributed by atoms with Gasteiger partial charge in [0.2, 0.25) is 5.91 Å². The summed E-state index contributed by atoms with van der Waals surface area (Å²) >= 11 is 0. The first kappa shape index (κ1) is 17.0. The second-order valence-corrected chi connectivity index (χ2v) is 4.84. The Labute approximate surface area is 115 Å². The van der Waals surface area contributed by atoms with Crippen molar-refractivity contribution in [2.24, 2.45) is 5.73 Å². The van der Waals surface area contributed by atoms with Gasteiger partial charge in [-0.1, -0.05) is 6.42 Å². The molecule has 2 aliphatic heterocycles. The predicted molar refractivity (Wildman–Crippen MR) is 73.9 cm³/mol. The van der Waals surface area contributed by atoms with Crippen LogP contribution in [-0.2, 0) is 4.79 Å². The van der Waals surface area contributed by atoms with Crippen LogP contribution in [0, 0.1) is 0 Å². The highest BCUT2D eigenvalue weighted by Crippen LogP contribution is 2.32. The molecule has 17 heavy (non-hydrogen) atoms. The molecule has 2 heterocycles. The molecule has 4 nitrogen and oxygen atoms in total.